The fraction of sp³-hybridized carbons (Fsp3) is 0.500. The molecule has 3 atom stereocenters. The summed E-state index contributed by atoms with van der Waals surface area (Å²) in [6.07, 6.45) is 3.15. The van der Waals surface area contributed by atoms with Crippen molar-refractivity contribution in [3.63, 3.8) is 0 Å². The van der Waals surface area contributed by atoms with E-state index in [0.717, 1.165) is 29.6 Å². The van der Waals surface area contributed by atoms with Gasteiger partial charge in [-0.2, -0.15) is 5.10 Å². The van der Waals surface area contributed by atoms with Crippen LogP contribution in [0.4, 0.5) is 5.69 Å². The molecule has 3 rings (SSSR count). The Morgan fingerprint density at radius 2 is 2.37 bits per heavy atom. The number of fused-ring (bicyclic) bond motifs is 1. The van der Waals surface area contributed by atoms with Crippen LogP contribution in [0.5, 0.6) is 0 Å². The van der Waals surface area contributed by atoms with Gasteiger partial charge in [0, 0.05) is 24.8 Å². The molecule has 1 saturated carbocycles. The highest BCUT2D eigenvalue weighted by atomic mass is 16.5. The van der Waals surface area contributed by atoms with Crippen LogP contribution in [-0.4, -0.2) is 42.2 Å². The lowest BCUT2D eigenvalue weighted by Gasteiger charge is -2.43. The third-order valence-electron chi connectivity index (χ3n) is 3.69. The first kappa shape index (κ1) is 12.4. The minimum absolute atomic E-state index is 0.125. The van der Waals surface area contributed by atoms with Gasteiger partial charge in [0.15, 0.2) is 0 Å². The number of rotatable bonds is 5. The van der Waals surface area contributed by atoms with E-state index in [1.807, 2.05) is 19.2 Å². The molecule has 0 bridgehead atoms. The highest BCUT2D eigenvalue weighted by molar-refractivity contribution is 5.81. The van der Waals surface area contributed by atoms with Crippen LogP contribution in [0.2, 0.25) is 0 Å². The third-order valence-corrected chi connectivity index (χ3v) is 3.69. The first-order valence-corrected chi connectivity index (χ1v) is 6.66. The molecular weight excluding hydrogens is 242 g/mol. The third kappa shape index (κ3) is 2.31. The van der Waals surface area contributed by atoms with Crippen LogP contribution in [0.3, 0.4) is 0 Å². The van der Waals surface area contributed by atoms with Crippen molar-refractivity contribution in [2.24, 2.45) is 0 Å². The van der Waals surface area contributed by atoms with Crippen molar-refractivity contribution in [1.29, 1.82) is 0 Å². The van der Waals surface area contributed by atoms with Gasteiger partial charge < -0.3 is 14.8 Å². The molecule has 0 aliphatic heterocycles. The van der Waals surface area contributed by atoms with Crippen LogP contribution in [0, 0.1) is 0 Å². The number of H-pyrrole nitrogens is 1. The van der Waals surface area contributed by atoms with E-state index in [-0.39, 0.29) is 12.2 Å². The quantitative estimate of drug-likeness (QED) is 0.866. The molecule has 0 saturated heterocycles. The van der Waals surface area contributed by atoms with Gasteiger partial charge in [0.2, 0.25) is 0 Å². The Hall–Kier alpha value is -1.59. The summed E-state index contributed by atoms with van der Waals surface area (Å²) in [4.78, 5) is 0. The largest absolute Gasteiger partial charge is 0.379 e. The smallest absolute Gasteiger partial charge is 0.103 e. The maximum atomic E-state index is 5.63. The van der Waals surface area contributed by atoms with Crippen molar-refractivity contribution in [2.45, 2.75) is 31.6 Å². The molecule has 3 unspecified atom stereocenters. The minimum Gasteiger partial charge on any atom is -0.379 e. The van der Waals surface area contributed by atoms with Gasteiger partial charge in [0.25, 0.3) is 0 Å². The molecule has 0 radical (unpaired) electrons. The van der Waals surface area contributed by atoms with Gasteiger partial charge in [0.05, 0.1) is 23.9 Å². The van der Waals surface area contributed by atoms with Gasteiger partial charge in [-0.1, -0.05) is 0 Å². The van der Waals surface area contributed by atoms with E-state index in [4.69, 9.17) is 9.47 Å². The molecular formula is C14H19N3O2. The Morgan fingerprint density at radius 3 is 3.16 bits per heavy atom. The highest BCUT2D eigenvalue weighted by Gasteiger charge is 2.42. The Labute approximate surface area is 112 Å². The van der Waals surface area contributed by atoms with Crippen LogP contribution in [0.15, 0.2) is 24.4 Å². The average molecular weight is 261 g/mol. The summed E-state index contributed by atoms with van der Waals surface area (Å²) in [7, 11) is 1.74. The van der Waals surface area contributed by atoms with Crippen LogP contribution in [0.1, 0.15) is 13.3 Å². The predicted octanol–water partition coefficient (Wildman–Crippen LogP) is 2.17. The summed E-state index contributed by atoms with van der Waals surface area (Å²) >= 11 is 0. The van der Waals surface area contributed by atoms with Crippen molar-refractivity contribution in [3.8, 4) is 0 Å². The second kappa shape index (κ2) is 5.19. The van der Waals surface area contributed by atoms with Gasteiger partial charge in [0.1, 0.15) is 6.10 Å². The number of nitrogens with one attached hydrogen (secondary N) is 2. The molecule has 5 nitrogen and oxygen atoms in total. The number of anilines is 1. The summed E-state index contributed by atoms with van der Waals surface area (Å²) in [5, 5.41) is 11.6. The van der Waals surface area contributed by atoms with Gasteiger partial charge in [-0.3, -0.25) is 5.10 Å². The second-order valence-corrected chi connectivity index (χ2v) is 4.85. The molecule has 1 fully saturated rings. The Morgan fingerprint density at radius 1 is 1.47 bits per heavy atom. The summed E-state index contributed by atoms with van der Waals surface area (Å²) in [5.74, 6) is 0. The first-order chi connectivity index (χ1) is 9.31. The minimum atomic E-state index is 0.125. The lowest BCUT2D eigenvalue weighted by atomic mass is 9.85. The van der Waals surface area contributed by atoms with E-state index in [1.165, 1.54) is 0 Å². The Kier molecular flexibility index (Phi) is 3.40. The molecule has 102 valence electrons. The molecule has 2 aromatic rings. The van der Waals surface area contributed by atoms with E-state index < -0.39 is 0 Å². The van der Waals surface area contributed by atoms with Crippen molar-refractivity contribution in [3.05, 3.63) is 24.4 Å². The normalized spacial score (nSPS) is 26.3. The zero-order chi connectivity index (χ0) is 13.2. The van der Waals surface area contributed by atoms with Gasteiger partial charge in [-0.15, -0.1) is 0 Å². The van der Waals surface area contributed by atoms with E-state index >= 15 is 0 Å². The van der Waals surface area contributed by atoms with E-state index in [0.29, 0.717) is 6.04 Å². The van der Waals surface area contributed by atoms with Crippen molar-refractivity contribution >= 4 is 16.6 Å². The number of aromatic amines is 1. The Balaban J connectivity index is 1.68. The number of benzene rings is 1. The fourth-order valence-electron chi connectivity index (χ4n) is 2.66. The summed E-state index contributed by atoms with van der Waals surface area (Å²) in [6.45, 7) is 2.75. The SMILES string of the molecule is CCOC1CC(Nc2ccc3[nH]ncc3c2)C1OC. The van der Waals surface area contributed by atoms with E-state index in [1.54, 1.807) is 7.11 Å². The molecule has 5 heteroatoms. The maximum absolute atomic E-state index is 5.63. The molecule has 2 N–H and O–H groups in total. The Bertz CT molecular complexity index is 554. The monoisotopic (exact) mass is 261 g/mol. The van der Waals surface area contributed by atoms with E-state index in [2.05, 4.69) is 27.6 Å². The fourth-order valence-corrected chi connectivity index (χ4v) is 2.66. The predicted molar refractivity (Wildman–Crippen MR) is 74.3 cm³/mol. The number of hydrogen-bond acceptors (Lipinski definition) is 4. The lowest BCUT2D eigenvalue weighted by Crippen LogP contribution is -2.56. The number of hydrogen-bond donors (Lipinski definition) is 2. The standard InChI is InChI=1S/C14H19N3O2/c1-3-19-13-7-12(14(13)18-2)16-10-4-5-11-9(6-10)8-15-17-11/h4-6,8,12-14,16H,3,7H2,1-2H3,(H,15,17). The second-order valence-electron chi connectivity index (χ2n) is 4.85. The van der Waals surface area contributed by atoms with Crippen LogP contribution >= 0.6 is 0 Å². The first-order valence-electron chi connectivity index (χ1n) is 6.66. The summed E-state index contributed by atoms with van der Waals surface area (Å²) in [6, 6.07) is 6.50. The van der Waals surface area contributed by atoms with E-state index in [9.17, 15) is 0 Å². The van der Waals surface area contributed by atoms with Crippen LogP contribution < -0.4 is 5.32 Å². The lowest BCUT2D eigenvalue weighted by molar-refractivity contribution is -0.118. The topological polar surface area (TPSA) is 59.2 Å². The zero-order valence-corrected chi connectivity index (χ0v) is 11.2. The van der Waals surface area contributed by atoms with Crippen LogP contribution in [-0.2, 0) is 9.47 Å². The number of aromatic nitrogens is 2. The van der Waals surface area contributed by atoms with Gasteiger partial charge in [-0.05, 0) is 31.5 Å². The van der Waals surface area contributed by atoms with Gasteiger partial charge >= 0.3 is 0 Å². The molecule has 1 aliphatic carbocycles. The van der Waals surface area contributed by atoms with Crippen molar-refractivity contribution < 1.29 is 9.47 Å². The molecule has 19 heavy (non-hydrogen) atoms. The van der Waals surface area contributed by atoms with Crippen LogP contribution in [0.25, 0.3) is 10.9 Å². The molecule has 1 aromatic heterocycles. The molecule has 1 heterocycles. The molecule has 1 aromatic carbocycles. The highest BCUT2D eigenvalue weighted by Crippen LogP contribution is 2.30. The zero-order valence-electron chi connectivity index (χ0n) is 11.2. The maximum Gasteiger partial charge on any atom is 0.103 e. The van der Waals surface area contributed by atoms with Crippen molar-refractivity contribution in [2.75, 3.05) is 19.0 Å². The number of methoxy groups -OCH3 is 1. The summed E-state index contributed by atoms with van der Waals surface area (Å²) in [5.41, 5.74) is 2.14. The number of ether oxygens (including phenoxy) is 2. The molecule has 0 amide bonds. The molecule has 1 aliphatic rings. The summed E-state index contributed by atoms with van der Waals surface area (Å²) < 4.78 is 11.1. The number of nitrogens with zero attached hydrogens (tertiary/aromatic N) is 1. The van der Waals surface area contributed by atoms with Crippen molar-refractivity contribution in [1.82, 2.24) is 10.2 Å². The molecule has 0 spiro atoms. The average Bonchev–Trinajstić information content (AvgIpc) is 2.85. The van der Waals surface area contributed by atoms with Gasteiger partial charge in [-0.25, -0.2) is 0 Å².